The summed E-state index contributed by atoms with van der Waals surface area (Å²) in [6.45, 7) is 5.09. The lowest BCUT2D eigenvalue weighted by Crippen LogP contribution is -2.41. The fourth-order valence-corrected chi connectivity index (χ4v) is 4.80. The first-order chi connectivity index (χ1) is 9.16. The van der Waals surface area contributed by atoms with Crippen LogP contribution in [0.4, 0.5) is 0 Å². The molecule has 0 saturated carbocycles. The van der Waals surface area contributed by atoms with Crippen LogP contribution in [0.2, 0.25) is 0 Å². The smallest absolute Gasteiger partial charge is 0.0928 e. The zero-order chi connectivity index (χ0) is 13.4. The van der Waals surface area contributed by atoms with Crippen LogP contribution in [0.3, 0.4) is 0 Å². The molecule has 2 aliphatic heterocycles. The average Bonchev–Trinajstić information content (AvgIpc) is 2.74. The third-order valence-electron chi connectivity index (χ3n) is 4.14. The maximum atomic E-state index is 12.8. The number of rotatable bonds is 2. The summed E-state index contributed by atoms with van der Waals surface area (Å²) in [6, 6.07) is 8.37. The number of nitrogens with zero attached hydrogens (tertiary/aromatic N) is 1. The number of piperidine rings is 1. The monoisotopic (exact) mass is 279 g/mol. The Balaban J connectivity index is 1.84. The Kier molecular flexibility index (Phi) is 3.74. The molecule has 0 N–H and O–H groups in total. The van der Waals surface area contributed by atoms with Gasteiger partial charge in [0.2, 0.25) is 0 Å². The minimum absolute atomic E-state index is 0.0465. The number of aryl methyl sites for hydroxylation is 1. The largest absolute Gasteiger partial charge is 0.294 e. The summed E-state index contributed by atoms with van der Waals surface area (Å²) < 4.78 is 12.8. The van der Waals surface area contributed by atoms with Gasteiger partial charge in [-0.15, -0.1) is 0 Å². The Morgan fingerprint density at radius 3 is 2.74 bits per heavy atom. The number of benzene rings is 1. The fourth-order valence-electron chi connectivity index (χ4n) is 3.12. The molecular weight excluding hydrogens is 258 g/mol. The minimum Gasteiger partial charge on any atom is -0.294 e. The summed E-state index contributed by atoms with van der Waals surface area (Å²) in [4.78, 5) is 6.81. The first-order valence-electron chi connectivity index (χ1n) is 7.07. The molecule has 0 bridgehead atoms. The predicted octanol–water partition coefficient (Wildman–Crippen LogP) is 2.66. The molecule has 0 amide bonds. The van der Waals surface area contributed by atoms with E-state index in [1.807, 2.05) is 24.3 Å². The molecule has 2 fully saturated rings. The van der Waals surface area contributed by atoms with Crippen molar-refractivity contribution in [3.8, 4) is 0 Å². The molecule has 0 aromatic heterocycles. The molecule has 0 unspecified atom stereocenters. The van der Waals surface area contributed by atoms with Crippen molar-refractivity contribution in [3.05, 3.63) is 29.8 Å². The van der Waals surface area contributed by atoms with Gasteiger partial charge < -0.3 is 0 Å². The van der Waals surface area contributed by atoms with Gasteiger partial charge in [-0.05, 0) is 38.8 Å². The van der Waals surface area contributed by atoms with Gasteiger partial charge in [0.25, 0.3) is 0 Å². The normalized spacial score (nSPS) is 33.1. The molecule has 2 aliphatic rings. The Morgan fingerprint density at radius 1 is 1.26 bits per heavy atom. The maximum absolute atomic E-state index is 12.8. The van der Waals surface area contributed by atoms with Crippen molar-refractivity contribution in [3.63, 3.8) is 0 Å². The van der Waals surface area contributed by atoms with E-state index in [-0.39, 0.29) is 11.4 Å². The van der Waals surface area contributed by atoms with Crippen molar-refractivity contribution in [1.29, 1.82) is 0 Å². The standard InChI is InChI=1S/C15H21NO2S/c1-11-6-8-13(9-7-11)19(17)15-12(2)18-16-10-4-3-5-14(15)16/h6-9,12,14-15H,3-5,10H2,1-2H3/t12-,14-,15+,19+/m1/s1. The van der Waals surface area contributed by atoms with Crippen LogP contribution in [-0.2, 0) is 15.6 Å². The van der Waals surface area contributed by atoms with Gasteiger partial charge in [-0.3, -0.25) is 9.05 Å². The van der Waals surface area contributed by atoms with Crippen molar-refractivity contribution < 1.29 is 9.05 Å². The fraction of sp³-hybridized carbons (Fsp3) is 0.600. The Morgan fingerprint density at radius 2 is 2.00 bits per heavy atom. The van der Waals surface area contributed by atoms with Crippen LogP contribution in [0, 0.1) is 6.92 Å². The van der Waals surface area contributed by atoms with E-state index >= 15 is 0 Å². The van der Waals surface area contributed by atoms with Crippen LogP contribution in [0.5, 0.6) is 0 Å². The highest BCUT2D eigenvalue weighted by molar-refractivity contribution is 7.85. The summed E-state index contributed by atoms with van der Waals surface area (Å²) in [5.74, 6) is 0. The van der Waals surface area contributed by atoms with Crippen molar-refractivity contribution in [2.75, 3.05) is 6.54 Å². The van der Waals surface area contributed by atoms with Gasteiger partial charge in [-0.1, -0.05) is 24.1 Å². The summed E-state index contributed by atoms with van der Waals surface area (Å²) in [5.41, 5.74) is 1.20. The molecule has 1 aromatic carbocycles. The molecule has 4 heteroatoms. The molecule has 0 aliphatic carbocycles. The zero-order valence-corrected chi connectivity index (χ0v) is 12.4. The number of hydrogen-bond donors (Lipinski definition) is 0. The molecule has 0 spiro atoms. The highest BCUT2D eigenvalue weighted by atomic mass is 32.2. The van der Waals surface area contributed by atoms with Crippen LogP contribution in [0.1, 0.15) is 31.7 Å². The van der Waals surface area contributed by atoms with E-state index in [4.69, 9.17) is 4.84 Å². The van der Waals surface area contributed by atoms with Crippen molar-refractivity contribution >= 4 is 10.8 Å². The Bertz CT molecular complexity index is 474. The molecule has 19 heavy (non-hydrogen) atoms. The van der Waals surface area contributed by atoms with E-state index in [1.165, 1.54) is 18.4 Å². The molecule has 2 saturated heterocycles. The zero-order valence-electron chi connectivity index (χ0n) is 11.5. The average molecular weight is 279 g/mol. The van der Waals surface area contributed by atoms with Crippen LogP contribution in [0.15, 0.2) is 29.2 Å². The summed E-state index contributed by atoms with van der Waals surface area (Å²) in [6.07, 6.45) is 3.56. The van der Waals surface area contributed by atoms with Gasteiger partial charge in [0.1, 0.15) is 0 Å². The Hall–Kier alpha value is -0.710. The van der Waals surface area contributed by atoms with E-state index in [0.717, 1.165) is 17.9 Å². The molecule has 3 rings (SSSR count). The van der Waals surface area contributed by atoms with Gasteiger partial charge in [0, 0.05) is 11.4 Å². The second kappa shape index (κ2) is 5.35. The van der Waals surface area contributed by atoms with Gasteiger partial charge >= 0.3 is 0 Å². The quantitative estimate of drug-likeness (QED) is 0.833. The lowest BCUT2D eigenvalue weighted by Gasteiger charge is -2.29. The van der Waals surface area contributed by atoms with Gasteiger partial charge in [0.05, 0.1) is 28.2 Å². The van der Waals surface area contributed by atoms with Gasteiger partial charge in [-0.2, -0.15) is 5.06 Å². The summed E-state index contributed by atoms with van der Waals surface area (Å²) in [7, 11) is -0.982. The topological polar surface area (TPSA) is 29.5 Å². The SMILES string of the molecule is Cc1ccc([S@](=O)[C@@H]2[C@H]3CCCCN3O[C@@H]2C)cc1. The van der Waals surface area contributed by atoms with Crippen LogP contribution in [-0.4, -0.2) is 33.2 Å². The molecule has 3 nitrogen and oxygen atoms in total. The van der Waals surface area contributed by atoms with Gasteiger partial charge in [-0.25, -0.2) is 0 Å². The number of fused-ring (bicyclic) bond motifs is 1. The third kappa shape index (κ3) is 2.49. The second-order valence-electron chi connectivity index (χ2n) is 5.59. The summed E-state index contributed by atoms with van der Waals surface area (Å²) >= 11 is 0. The minimum atomic E-state index is -0.982. The first kappa shape index (κ1) is 13.3. The van der Waals surface area contributed by atoms with Crippen LogP contribution in [0.25, 0.3) is 0 Å². The molecule has 0 radical (unpaired) electrons. The van der Waals surface area contributed by atoms with Gasteiger partial charge in [0.15, 0.2) is 0 Å². The molecular formula is C15H21NO2S. The maximum Gasteiger partial charge on any atom is 0.0928 e. The summed E-state index contributed by atoms with van der Waals surface area (Å²) in [5, 5.41) is 2.17. The lowest BCUT2D eigenvalue weighted by molar-refractivity contribution is -0.166. The van der Waals surface area contributed by atoms with E-state index in [1.54, 1.807) is 0 Å². The van der Waals surface area contributed by atoms with Crippen molar-refractivity contribution in [1.82, 2.24) is 5.06 Å². The second-order valence-corrected chi connectivity index (χ2v) is 7.20. The number of hydrogen-bond acceptors (Lipinski definition) is 3. The predicted molar refractivity (Wildman–Crippen MR) is 76.3 cm³/mol. The highest BCUT2D eigenvalue weighted by Crippen LogP contribution is 2.34. The highest BCUT2D eigenvalue weighted by Gasteiger charge is 2.45. The number of hydroxylamine groups is 2. The molecule has 1 aromatic rings. The van der Waals surface area contributed by atoms with Crippen molar-refractivity contribution in [2.24, 2.45) is 0 Å². The molecule has 2 heterocycles. The van der Waals surface area contributed by atoms with E-state index in [0.29, 0.717) is 6.04 Å². The third-order valence-corrected chi connectivity index (χ3v) is 6.07. The Labute approximate surface area is 117 Å². The molecule has 104 valence electrons. The van der Waals surface area contributed by atoms with E-state index in [9.17, 15) is 4.21 Å². The molecule has 4 atom stereocenters. The first-order valence-corrected chi connectivity index (χ1v) is 8.29. The van der Waals surface area contributed by atoms with Crippen LogP contribution >= 0.6 is 0 Å². The van der Waals surface area contributed by atoms with Crippen LogP contribution < -0.4 is 0 Å². The lowest BCUT2D eigenvalue weighted by atomic mass is 10.0. The van der Waals surface area contributed by atoms with E-state index < -0.39 is 10.8 Å². The van der Waals surface area contributed by atoms with E-state index in [2.05, 4.69) is 18.9 Å². The van der Waals surface area contributed by atoms with Crippen molar-refractivity contribution in [2.45, 2.75) is 55.4 Å².